The Balaban J connectivity index is 2.54. The number of fused-ring (bicyclic) bond motifs is 1. The molecule has 0 saturated heterocycles. The number of methoxy groups -OCH3 is 1. The Labute approximate surface area is 82.1 Å². The van der Waals surface area contributed by atoms with Gasteiger partial charge in [0.1, 0.15) is 11.3 Å². The van der Waals surface area contributed by atoms with Crippen LogP contribution < -0.4 is 15.8 Å². The summed E-state index contributed by atoms with van der Waals surface area (Å²) in [5.41, 5.74) is 6.49. The van der Waals surface area contributed by atoms with Gasteiger partial charge >= 0.3 is 0 Å². The maximum Gasteiger partial charge on any atom is 0.248 e. The maximum atomic E-state index is 11.5. The summed E-state index contributed by atoms with van der Waals surface area (Å²) < 4.78 is 5.05. The van der Waals surface area contributed by atoms with Crippen LogP contribution in [0.5, 0.6) is 5.75 Å². The van der Waals surface area contributed by atoms with Crippen molar-refractivity contribution < 1.29 is 9.53 Å². The summed E-state index contributed by atoms with van der Waals surface area (Å²) in [7, 11) is 1.58. The van der Waals surface area contributed by atoms with Crippen LogP contribution in [0.3, 0.4) is 0 Å². The second-order valence-corrected chi connectivity index (χ2v) is 3.57. The second-order valence-electron chi connectivity index (χ2n) is 3.57. The van der Waals surface area contributed by atoms with Crippen LogP contribution in [-0.4, -0.2) is 13.0 Å². The monoisotopic (exact) mass is 192 g/mol. The number of carbonyl (C=O) groups is 1. The molecule has 0 aliphatic carbocycles. The maximum absolute atomic E-state index is 11.5. The van der Waals surface area contributed by atoms with Crippen LogP contribution in [0.15, 0.2) is 18.2 Å². The van der Waals surface area contributed by atoms with Crippen molar-refractivity contribution in [2.45, 2.75) is 12.5 Å². The molecule has 1 aliphatic heterocycles. The van der Waals surface area contributed by atoms with E-state index in [1.807, 2.05) is 6.07 Å². The SMILES string of the molecule is COc1ccc2c(c1)NC(=O)[C@]2(C)N. The Bertz CT molecular complexity index is 399. The summed E-state index contributed by atoms with van der Waals surface area (Å²) in [6, 6.07) is 5.38. The highest BCUT2D eigenvalue weighted by Crippen LogP contribution is 2.35. The number of benzene rings is 1. The van der Waals surface area contributed by atoms with Crippen molar-refractivity contribution in [2.24, 2.45) is 5.73 Å². The average molecular weight is 192 g/mol. The Hall–Kier alpha value is -1.55. The first-order valence-corrected chi connectivity index (χ1v) is 4.34. The number of nitrogens with one attached hydrogen (secondary N) is 1. The van der Waals surface area contributed by atoms with Crippen molar-refractivity contribution >= 4 is 11.6 Å². The highest BCUT2D eigenvalue weighted by Gasteiger charge is 2.39. The largest absolute Gasteiger partial charge is 0.497 e. The summed E-state index contributed by atoms with van der Waals surface area (Å²) in [6.07, 6.45) is 0. The van der Waals surface area contributed by atoms with Crippen LogP contribution >= 0.6 is 0 Å². The number of hydrogen-bond donors (Lipinski definition) is 2. The number of hydrogen-bond acceptors (Lipinski definition) is 3. The van der Waals surface area contributed by atoms with E-state index in [1.54, 1.807) is 26.2 Å². The smallest absolute Gasteiger partial charge is 0.248 e. The van der Waals surface area contributed by atoms with Gasteiger partial charge in [0.05, 0.1) is 12.8 Å². The predicted molar refractivity (Wildman–Crippen MR) is 53.2 cm³/mol. The first-order valence-electron chi connectivity index (χ1n) is 4.34. The lowest BCUT2D eigenvalue weighted by Gasteiger charge is -2.14. The Morgan fingerprint density at radius 1 is 1.50 bits per heavy atom. The van der Waals surface area contributed by atoms with Gasteiger partial charge in [-0.25, -0.2) is 0 Å². The molecule has 0 unspecified atom stereocenters. The van der Waals surface area contributed by atoms with Gasteiger partial charge in [0, 0.05) is 11.6 Å². The number of nitrogens with two attached hydrogens (primary N) is 1. The molecular formula is C10H12N2O2. The Morgan fingerprint density at radius 3 is 2.86 bits per heavy atom. The standard InChI is InChI=1S/C10H12N2O2/c1-10(11)7-4-3-6(14-2)5-8(7)12-9(10)13/h3-5H,11H2,1-2H3,(H,12,13)/t10-/m1/s1. The summed E-state index contributed by atoms with van der Waals surface area (Å²) in [4.78, 5) is 11.5. The van der Waals surface area contributed by atoms with Crippen molar-refractivity contribution in [3.8, 4) is 5.75 Å². The minimum Gasteiger partial charge on any atom is -0.497 e. The molecule has 0 radical (unpaired) electrons. The van der Waals surface area contributed by atoms with E-state index < -0.39 is 5.54 Å². The second kappa shape index (κ2) is 2.72. The molecule has 0 aromatic heterocycles. The van der Waals surface area contributed by atoms with Gasteiger partial charge in [-0.15, -0.1) is 0 Å². The lowest BCUT2D eigenvalue weighted by Crippen LogP contribution is -2.40. The van der Waals surface area contributed by atoms with Crippen molar-refractivity contribution in [1.29, 1.82) is 0 Å². The minimum atomic E-state index is -0.929. The van der Waals surface area contributed by atoms with E-state index in [4.69, 9.17) is 10.5 Å². The summed E-state index contributed by atoms with van der Waals surface area (Å²) in [6.45, 7) is 1.70. The molecule has 4 nitrogen and oxygen atoms in total. The topological polar surface area (TPSA) is 64.3 Å². The van der Waals surface area contributed by atoms with Crippen LogP contribution in [0.2, 0.25) is 0 Å². The molecule has 0 saturated carbocycles. The fourth-order valence-electron chi connectivity index (χ4n) is 1.58. The third-order valence-electron chi connectivity index (χ3n) is 2.51. The Morgan fingerprint density at radius 2 is 2.21 bits per heavy atom. The fraction of sp³-hybridized carbons (Fsp3) is 0.300. The zero-order valence-electron chi connectivity index (χ0n) is 8.13. The van der Waals surface area contributed by atoms with E-state index in [9.17, 15) is 4.79 Å². The summed E-state index contributed by atoms with van der Waals surface area (Å²) in [5, 5.41) is 2.72. The molecule has 4 heteroatoms. The third kappa shape index (κ3) is 1.08. The first-order chi connectivity index (χ1) is 6.55. The lowest BCUT2D eigenvalue weighted by molar-refractivity contribution is -0.120. The quantitative estimate of drug-likeness (QED) is 0.692. The molecule has 1 amide bonds. The minimum absolute atomic E-state index is 0.180. The van der Waals surface area contributed by atoms with Crippen LogP contribution in [0.1, 0.15) is 12.5 Å². The van der Waals surface area contributed by atoms with E-state index >= 15 is 0 Å². The van der Waals surface area contributed by atoms with Gasteiger partial charge in [-0.1, -0.05) is 6.07 Å². The van der Waals surface area contributed by atoms with E-state index in [2.05, 4.69) is 5.32 Å². The number of anilines is 1. The molecule has 14 heavy (non-hydrogen) atoms. The van der Waals surface area contributed by atoms with Crippen molar-refractivity contribution in [1.82, 2.24) is 0 Å². The number of carbonyl (C=O) groups excluding carboxylic acids is 1. The lowest BCUT2D eigenvalue weighted by atomic mass is 9.95. The van der Waals surface area contributed by atoms with E-state index in [0.29, 0.717) is 5.75 Å². The highest BCUT2D eigenvalue weighted by molar-refractivity contribution is 6.05. The molecule has 1 aromatic carbocycles. The number of rotatable bonds is 1. The van der Waals surface area contributed by atoms with Crippen molar-refractivity contribution in [3.05, 3.63) is 23.8 Å². The summed E-state index contributed by atoms with van der Waals surface area (Å²) in [5.74, 6) is 0.530. The van der Waals surface area contributed by atoms with Crippen molar-refractivity contribution in [3.63, 3.8) is 0 Å². The highest BCUT2D eigenvalue weighted by atomic mass is 16.5. The molecule has 0 spiro atoms. The molecule has 74 valence electrons. The molecule has 1 aromatic rings. The average Bonchev–Trinajstić information content (AvgIpc) is 2.38. The molecule has 0 bridgehead atoms. The van der Waals surface area contributed by atoms with Crippen LogP contribution in [0.25, 0.3) is 0 Å². The molecule has 1 aliphatic rings. The van der Waals surface area contributed by atoms with Gasteiger partial charge < -0.3 is 15.8 Å². The number of amides is 1. The van der Waals surface area contributed by atoms with E-state index in [0.717, 1.165) is 11.3 Å². The van der Waals surface area contributed by atoms with Crippen LogP contribution in [0, 0.1) is 0 Å². The van der Waals surface area contributed by atoms with Crippen LogP contribution in [-0.2, 0) is 10.3 Å². The molecule has 1 atom stereocenters. The van der Waals surface area contributed by atoms with Gasteiger partial charge in [-0.05, 0) is 13.0 Å². The molecule has 1 heterocycles. The van der Waals surface area contributed by atoms with Gasteiger partial charge in [-0.2, -0.15) is 0 Å². The van der Waals surface area contributed by atoms with E-state index in [-0.39, 0.29) is 5.91 Å². The number of ether oxygens (including phenoxy) is 1. The van der Waals surface area contributed by atoms with Gasteiger partial charge in [0.15, 0.2) is 0 Å². The zero-order valence-corrected chi connectivity index (χ0v) is 8.13. The molecule has 3 N–H and O–H groups in total. The van der Waals surface area contributed by atoms with Gasteiger partial charge in [0.2, 0.25) is 5.91 Å². The Kier molecular flexibility index (Phi) is 1.75. The van der Waals surface area contributed by atoms with Crippen LogP contribution in [0.4, 0.5) is 5.69 Å². The molecular weight excluding hydrogens is 180 g/mol. The summed E-state index contributed by atoms with van der Waals surface area (Å²) >= 11 is 0. The fourth-order valence-corrected chi connectivity index (χ4v) is 1.58. The third-order valence-corrected chi connectivity index (χ3v) is 2.51. The molecule has 2 rings (SSSR count). The normalized spacial score (nSPS) is 24.4. The van der Waals surface area contributed by atoms with E-state index in [1.165, 1.54) is 0 Å². The predicted octanol–water partition coefficient (Wildman–Crippen LogP) is 0.821. The van der Waals surface area contributed by atoms with Gasteiger partial charge in [0.25, 0.3) is 0 Å². The van der Waals surface area contributed by atoms with Gasteiger partial charge in [-0.3, -0.25) is 4.79 Å². The molecule has 0 fully saturated rings. The first kappa shape index (κ1) is 9.02. The van der Waals surface area contributed by atoms with Crippen molar-refractivity contribution in [2.75, 3.05) is 12.4 Å². The zero-order chi connectivity index (χ0) is 10.3.